The van der Waals surface area contributed by atoms with E-state index in [0.29, 0.717) is 19.4 Å². The van der Waals surface area contributed by atoms with E-state index in [9.17, 15) is 14.0 Å². The molecule has 0 aromatic heterocycles. The van der Waals surface area contributed by atoms with Crippen LogP contribution in [0.5, 0.6) is 0 Å². The van der Waals surface area contributed by atoms with Gasteiger partial charge in [0.05, 0.1) is 0 Å². The van der Waals surface area contributed by atoms with E-state index in [2.05, 4.69) is 10.6 Å². The molecule has 0 aliphatic rings. The van der Waals surface area contributed by atoms with Crippen molar-refractivity contribution in [3.05, 3.63) is 107 Å². The van der Waals surface area contributed by atoms with Crippen LogP contribution in [-0.2, 0) is 29.0 Å². The summed E-state index contributed by atoms with van der Waals surface area (Å²) in [6.07, 6.45) is 0.151. The van der Waals surface area contributed by atoms with Crippen LogP contribution < -0.4 is 10.6 Å². The topological polar surface area (TPSA) is 67.4 Å². The predicted octanol–water partition coefficient (Wildman–Crippen LogP) is 4.02. The highest BCUT2D eigenvalue weighted by Gasteiger charge is 2.21. The lowest BCUT2D eigenvalue weighted by atomic mass is 10.1. The number of hydrogen-bond donors (Lipinski definition) is 2. The molecule has 160 valence electrons. The van der Waals surface area contributed by atoms with Crippen LogP contribution in [0.25, 0.3) is 0 Å². The van der Waals surface area contributed by atoms with Crippen molar-refractivity contribution in [2.75, 3.05) is 6.54 Å². The Kier molecular flexibility index (Phi) is 8.17. The van der Waals surface area contributed by atoms with Crippen molar-refractivity contribution < 1.29 is 18.7 Å². The van der Waals surface area contributed by atoms with Crippen LogP contribution in [0.15, 0.2) is 84.9 Å². The molecule has 3 aromatic rings. The van der Waals surface area contributed by atoms with E-state index in [1.54, 1.807) is 12.1 Å². The van der Waals surface area contributed by atoms with Crippen LogP contribution in [-0.4, -0.2) is 24.6 Å². The van der Waals surface area contributed by atoms with E-state index in [0.717, 1.165) is 16.7 Å². The van der Waals surface area contributed by atoms with Crippen LogP contribution in [0.3, 0.4) is 0 Å². The molecular formula is C25H25FN2O3. The Labute approximate surface area is 181 Å². The van der Waals surface area contributed by atoms with E-state index in [4.69, 9.17) is 4.74 Å². The van der Waals surface area contributed by atoms with Crippen molar-refractivity contribution in [3.63, 3.8) is 0 Å². The van der Waals surface area contributed by atoms with Gasteiger partial charge < -0.3 is 15.4 Å². The van der Waals surface area contributed by atoms with Gasteiger partial charge in [-0.25, -0.2) is 9.18 Å². The highest BCUT2D eigenvalue weighted by molar-refractivity contribution is 5.85. The van der Waals surface area contributed by atoms with Crippen LogP contribution in [0.2, 0.25) is 0 Å². The lowest BCUT2D eigenvalue weighted by Gasteiger charge is -2.18. The smallest absolute Gasteiger partial charge is 0.408 e. The molecule has 1 atom stereocenters. The number of benzene rings is 3. The fourth-order valence-electron chi connectivity index (χ4n) is 3.11. The highest BCUT2D eigenvalue weighted by Crippen LogP contribution is 2.07. The molecule has 0 radical (unpaired) electrons. The third-order valence-electron chi connectivity index (χ3n) is 4.71. The Morgan fingerprint density at radius 2 is 1.48 bits per heavy atom. The summed E-state index contributed by atoms with van der Waals surface area (Å²) < 4.78 is 18.6. The fraction of sp³-hybridized carbons (Fsp3) is 0.200. The molecule has 0 aliphatic heterocycles. The van der Waals surface area contributed by atoms with E-state index >= 15 is 0 Å². The number of nitrogens with one attached hydrogen (secondary N) is 2. The van der Waals surface area contributed by atoms with Gasteiger partial charge in [-0.1, -0.05) is 72.8 Å². The fourth-order valence-corrected chi connectivity index (χ4v) is 3.11. The van der Waals surface area contributed by atoms with Crippen LogP contribution >= 0.6 is 0 Å². The summed E-state index contributed by atoms with van der Waals surface area (Å²) in [5.74, 6) is -0.634. The quantitative estimate of drug-likeness (QED) is 0.549. The summed E-state index contributed by atoms with van der Waals surface area (Å²) in [7, 11) is 0. The summed E-state index contributed by atoms with van der Waals surface area (Å²) in [6.45, 7) is 0.445. The lowest BCUT2D eigenvalue weighted by Crippen LogP contribution is -2.48. The minimum absolute atomic E-state index is 0.117. The van der Waals surface area contributed by atoms with Gasteiger partial charge in [-0.15, -0.1) is 0 Å². The second kappa shape index (κ2) is 11.5. The molecule has 0 aliphatic carbocycles. The van der Waals surface area contributed by atoms with E-state index in [-0.39, 0.29) is 18.3 Å². The molecule has 31 heavy (non-hydrogen) atoms. The minimum atomic E-state index is -0.793. The number of alkyl carbamates (subject to hydrolysis) is 1. The summed E-state index contributed by atoms with van der Waals surface area (Å²) >= 11 is 0. The second-order valence-corrected chi connectivity index (χ2v) is 7.12. The van der Waals surface area contributed by atoms with Gasteiger partial charge in [0.25, 0.3) is 0 Å². The molecule has 3 aromatic carbocycles. The molecule has 5 nitrogen and oxygen atoms in total. The van der Waals surface area contributed by atoms with Crippen molar-refractivity contribution in [1.82, 2.24) is 10.6 Å². The first-order valence-electron chi connectivity index (χ1n) is 10.1. The lowest BCUT2D eigenvalue weighted by molar-refractivity contribution is -0.123. The first-order valence-corrected chi connectivity index (χ1v) is 10.1. The van der Waals surface area contributed by atoms with Gasteiger partial charge in [-0.2, -0.15) is 0 Å². The van der Waals surface area contributed by atoms with Crippen molar-refractivity contribution in [2.45, 2.75) is 25.5 Å². The molecule has 2 N–H and O–H groups in total. The summed E-state index contributed by atoms with van der Waals surface area (Å²) in [5.41, 5.74) is 2.56. The average Bonchev–Trinajstić information content (AvgIpc) is 2.79. The number of rotatable bonds is 9. The molecular weight excluding hydrogens is 395 g/mol. The molecule has 0 heterocycles. The van der Waals surface area contributed by atoms with Gasteiger partial charge in [-0.3, -0.25) is 4.79 Å². The van der Waals surface area contributed by atoms with Gasteiger partial charge in [0.1, 0.15) is 18.5 Å². The van der Waals surface area contributed by atoms with Crippen LogP contribution in [0.4, 0.5) is 9.18 Å². The van der Waals surface area contributed by atoms with Gasteiger partial charge in [-0.05, 0) is 35.2 Å². The third kappa shape index (κ3) is 7.59. The van der Waals surface area contributed by atoms with E-state index in [1.165, 1.54) is 12.1 Å². The largest absolute Gasteiger partial charge is 0.445 e. The molecule has 0 spiro atoms. The molecule has 0 fully saturated rings. The third-order valence-corrected chi connectivity index (χ3v) is 4.71. The van der Waals surface area contributed by atoms with E-state index in [1.807, 2.05) is 60.7 Å². The Bertz CT molecular complexity index is 980. The second-order valence-electron chi connectivity index (χ2n) is 7.12. The number of carbonyl (C=O) groups excluding carboxylic acids is 2. The predicted molar refractivity (Wildman–Crippen MR) is 117 cm³/mol. The minimum Gasteiger partial charge on any atom is -0.445 e. The van der Waals surface area contributed by atoms with Crippen molar-refractivity contribution >= 4 is 12.0 Å². The van der Waals surface area contributed by atoms with Gasteiger partial charge >= 0.3 is 6.09 Å². The normalized spacial score (nSPS) is 11.4. The first kappa shape index (κ1) is 22.0. The zero-order chi connectivity index (χ0) is 21.9. The maximum atomic E-state index is 13.3. The molecule has 1 unspecified atom stereocenters. The van der Waals surface area contributed by atoms with Gasteiger partial charge in [0, 0.05) is 13.0 Å². The number of carbonyl (C=O) groups is 2. The van der Waals surface area contributed by atoms with Crippen LogP contribution in [0.1, 0.15) is 16.7 Å². The molecule has 6 heteroatoms. The Morgan fingerprint density at radius 3 is 2.16 bits per heavy atom. The van der Waals surface area contributed by atoms with E-state index < -0.39 is 12.1 Å². The molecule has 0 bridgehead atoms. The number of hydrogen-bond acceptors (Lipinski definition) is 3. The monoisotopic (exact) mass is 420 g/mol. The maximum Gasteiger partial charge on any atom is 0.408 e. The molecule has 3 rings (SSSR count). The number of halogens is 1. The first-order chi connectivity index (χ1) is 15.1. The molecule has 0 saturated carbocycles. The van der Waals surface area contributed by atoms with Crippen molar-refractivity contribution in [1.29, 1.82) is 0 Å². The SMILES string of the molecule is O=C(NC(Cc1ccccc1)C(=O)NCCc1cccc(F)c1)OCc1ccccc1. The zero-order valence-electron chi connectivity index (χ0n) is 17.1. The van der Waals surface area contributed by atoms with Crippen LogP contribution in [0, 0.1) is 5.82 Å². The Morgan fingerprint density at radius 1 is 0.839 bits per heavy atom. The van der Waals surface area contributed by atoms with Crippen molar-refractivity contribution in [2.24, 2.45) is 0 Å². The summed E-state index contributed by atoms with van der Waals surface area (Å²) in [6, 6.07) is 24.2. The summed E-state index contributed by atoms with van der Waals surface area (Å²) in [4.78, 5) is 25.1. The molecule has 0 saturated heterocycles. The number of ether oxygens (including phenoxy) is 1. The molecule has 2 amide bonds. The maximum absolute atomic E-state index is 13.3. The highest BCUT2D eigenvalue weighted by atomic mass is 19.1. The Hall–Kier alpha value is -3.67. The zero-order valence-corrected chi connectivity index (χ0v) is 17.1. The number of amides is 2. The average molecular weight is 420 g/mol. The van der Waals surface area contributed by atoms with Gasteiger partial charge in [0.15, 0.2) is 0 Å². The standard InChI is InChI=1S/C25H25FN2O3/c26-22-13-7-12-20(16-22)14-15-27-24(29)23(17-19-8-3-1-4-9-19)28-25(30)31-18-21-10-5-2-6-11-21/h1-13,16,23H,14-15,17-18H2,(H,27,29)(H,28,30). The van der Waals surface area contributed by atoms with Gasteiger partial charge in [0.2, 0.25) is 5.91 Å². The Balaban J connectivity index is 1.56. The van der Waals surface area contributed by atoms with Crippen molar-refractivity contribution in [3.8, 4) is 0 Å². The summed E-state index contributed by atoms with van der Waals surface area (Å²) in [5, 5.41) is 5.48.